The summed E-state index contributed by atoms with van der Waals surface area (Å²) >= 11 is 0. The Balaban J connectivity index is 2.03. The first-order valence-electron chi connectivity index (χ1n) is 5.77. The summed E-state index contributed by atoms with van der Waals surface area (Å²) in [5.74, 6) is 0.914. The molecule has 0 aromatic rings. The van der Waals surface area contributed by atoms with Gasteiger partial charge >= 0.3 is 0 Å². The van der Waals surface area contributed by atoms with E-state index in [9.17, 15) is 4.79 Å². The van der Waals surface area contributed by atoms with Crippen LogP contribution in [0.4, 0.5) is 0 Å². The van der Waals surface area contributed by atoms with Gasteiger partial charge in [0.05, 0.1) is 6.04 Å². The zero-order valence-electron chi connectivity index (χ0n) is 8.96. The predicted octanol–water partition coefficient (Wildman–Crippen LogP) is 0.997. The molecule has 3 heteroatoms. The molecule has 1 atom stereocenters. The molecule has 1 saturated carbocycles. The number of nitrogens with one attached hydrogen (secondary N) is 1. The molecule has 2 fully saturated rings. The van der Waals surface area contributed by atoms with Crippen LogP contribution in [0.25, 0.3) is 0 Å². The highest BCUT2D eigenvalue weighted by Crippen LogP contribution is 2.28. The number of nitrogens with zero attached hydrogens (tertiary/aromatic N) is 1. The number of amides is 1. The fourth-order valence-corrected chi connectivity index (χ4v) is 2.67. The molecule has 1 aliphatic carbocycles. The van der Waals surface area contributed by atoms with Gasteiger partial charge in [0.2, 0.25) is 5.91 Å². The maximum atomic E-state index is 12.0. The highest BCUT2D eigenvalue weighted by Gasteiger charge is 2.33. The van der Waals surface area contributed by atoms with Crippen molar-refractivity contribution in [3.8, 4) is 0 Å². The fraction of sp³-hybridized carbons (Fsp3) is 0.909. The Labute approximate surface area is 85.8 Å². The molecule has 1 N–H and O–H groups in total. The number of carbonyl (C=O) groups excluding carboxylic acids is 1. The van der Waals surface area contributed by atoms with Gasteiger partial charge in [0, 0.05) is 13.6 Å². The van der Waals surface area contributed by atoms with Gasteiger partial charge in [-0.3, -0.25) is 4.79 Å². The second-order valence-corrected chi connectivity index (χ2v) is 4.59. The molecule has 0 spiro atoms. The zero-order valence-corrected chi connectivity index (χ0v) is 8.96. The van der Waals surface area contributed by atoms with Crippen LogP contribution in [-0.4, -0.2) is 37.0 Å². The van der Waals surface area contributed by atoms with Crippen LogP contribution < -0.4 is 5.32 Å². The van der Waals surface area contributed by atoms with Crippen molar-refractivity contribution in [1.82, 2.24) is 10.2 Å². The lowest BCUT2D eigenvalue weighted by Gasteiger charge is -2.24. The van der Waals surface area contributed by atoms with Crippen LogP contribution in [0, 0.1) is 5.92 Å². The van der Waals surface area contributed by atoms with E-state index < -0.39 is 0 Å². The molecule has 1 unspecified atom stereocenters. The van der Waals surface area contributed by atoms with Gasteiger partial charge in [-0.25, -0.2) is 0 Å². The topological polar surface area (TPSA) is 32.3 Å². The van der Waals surface area contributed by atoms with Crippen molar-refractivity contribution in [1.29, 1.82) is 0 Å². The van der Waals surface area contributed by atoms with Crippen LogP contribution >= 0.6 is 0 Å². The number of hydrogen-bond acceptors (Lipinski definition) is 2. The van der Waals surface area contributed by atoms with Crippen molar-refractivity contribution in [3.63, 3.8) is 0 Å². The van der Waals surface area contributed by atoms with Gasteiger partial charge in [-0.1, -0.05) is 12.8 Å². The summed E-state index contributed by atoms with van der Waals surface area (Å²) in [6.45, 7) is 1.91. The lowest BCUT2D eigenvalue weighted by Crippen LogP contribution is -2.46. The minimum atomic E-state index is 0.116. The Kier molecular flexibility index (Phi) is 3.06. The number of likely N-dealkylation sites (N-methyl/N-ethyl adjacent to an activating group) is 1. The summed E-state index contributed by atoms with van der Waals surface area (Å²) in [6.07, 6.45) is 6.17. The van der Waals surface area contributed by atoms with Crippen LogP contribution in [0.5, 0.6) is 0 Å². The first-order valence-corrected chi connectivity index (χ1v) is 5.77. The Morgan fingerprint density at radius 3 is 2.71 bits per heavy atom. The molecule has 0 radical (unpaired) electrons. The molecule has 1 amide bonds. The molecule has 0 aromatic heterocycles. The van der Waals surface area contributed by atoms with Crippen LogP contribution in [0.2, 0.25) is 0 Å². The average molecular weight is 196 g/mol. The Morgan fingerprint density at radius 1 is 1.29 bits per heavy atom. The summed E-state index contributed by atoms with van der Waals surface area (Å²) in [7, 11) is 1.93. The van der Waals surface area contributed by atoms with Gasteiger partial charge in [0.1, 0.15) is 0 Å². The minimum absolute atomic E-state index is 0.116. The second kappa shape index (κ2) is 4.30. The summed E-state index contributed by atoms with van der Waals surface area (Å²) in [5, 5.41) is 3.41. The molecule has 0 bridgehead atoms. The smallest absolute Gasteiger partial charge is 0.239 e. The van der Waals surface area contributed by atoms with Crippen LogP contribution in [0.3, 0.4) is 0 Å². The van der Waals surface area contributed by atoms with E-state index in [4.69, 9.17) is 0 Å². The number of hydrogen-bond donors (Lipinski definition) is 1. The van der Waals surface area contributed by atoms with Crippen LogP contribution in [0.1, 0.15) is 32.1 Å². The standard InChI is InChI=1S/C11H20N2O/c1-13-8-4-7-12-10(11(13)14)9-5-2-3-6-9/h9-10,12H,2-8H2,1H3. The van der Waals surface area contributed by atoms with Crippen molar-refractivity contribution in [2.45, 2.75) is 38.1 Å². The van der Waals surface area contributed by atoms with Gasteiger partial charge in [-0.05, 0) is 31.7 Å². The quantitative estimate of drug-likeness (QED) is 0.678. The molecule has 3 nitrogen and oxygen atoms in total. The number of carbonyl (C=O) groups is 1. The molecule has 0 aromatic carbocycles. The second-order valence-electron chi connectivity index (χ2n) is 4.59. The Morgan fingerprint density at radius 2 is 2.00 bits per heavy atom. The van der Waals surface area contributed by atoms with Gasteiger partial charge in [0.25, 0.3) is 0 Å². The monoisotopic (exact) mass is 196 g/mol. The largest absolute Gasteiger partial charge is 0.344 e. The van der Waals surface area contributed by atoms with Crippen LogP contribution in [-0.2, 0) is 4.79 Å². The first kappa shape index (κ1) is 9.97. The molecule has 1 heterocycles. The van der Waals surface area contributed by atoms with Gasteiger partial charge < -0.3 is 10.2 Å². The molecule has 1 aliphatic heterocycles. The van der Waals surface area contributed by atoms with E-state index in [1.807, 2.05) is 11.9 Å². The lowest BCUT2D eigenvalue weighted by atomic mass is 9.97. The van der Waals surface area contributed by atoms with E-state index in [1.165, 1.54) is 25.7 Å². The highest BCUT2D eigenvalue weighted by molar-refractivity contribution is 5.82. The third kappa shape index (κ3) is 1.92. The summed E-state index contributed by atoms with van der Waals surface area (Å²) in [6, 6.07) is 0.116. The summed E-state index contributed by atoms with van der Waals surface area (Å²) in [5.41, 5.74) is 0. The third-order valence-corrected chi connectivity index (χ3v) is 3.55. The Bertz CT molecular complexity index is 211. The van der Waals surface area contributed by atoms with Gasteiger partial charge in [-0.2, -0.15) is 0 Å². The zero-order chi connectivity index (χ0) is 9.97. The third-order valence-electron chi connectivity index (χ3n) is 3.55. The molecular formula is C11H20N2O. The lowest BCUT2D eigenvalue weighted by molar-refractivity contribution is -0.132. The normalized spacial score (nSPS) is 30.8. The van der Waals surface area contributed by atoms with E-state index in [0.29, 0.717) is 11.8 Å². The van der Waals surface area contributed by atoms with Crippen molar-refractivity contribution >= 4 is 5.91 Å². The van der Waals surface area contributed by atoms with Crippen molar-refractivity contribution < 1.29 is 4.79 Å². The summed E-state index contributed by atoms with van der Waals surface area (Å²) < 4.78 is 0. The highest BCUT2D eigenvalue weighted by atomic mass is 16.2. The van der Waals surface area contributed by atoms with Crippen molar-refractivity contribution in [2.75, 3.05) is 20.1 Å². The summed E-state index contributed by atoms with van der Waals surface area (Å²) in [4.78, 5) is 13.9. The fourth-order valence-electron chi connectivity index (χ4n) is 2.67. The maximum Gasteiger partial charge on any atom is 0.239 e. The molecule has 2 aliphatic rings. The predicted molar refractivity (Wildman–Crippen MR) is 56.0 cm³/mol. The molecule has 2 rings (SSSR count). The van der Waals surface area contributed by atoms with E-state index >= 15 is 0 Å². The maximum absolute atomic E-state index is 12.0. The van der Waals surface area contributed by atoms with E-state index in [0.717, 1.165) is 19.5 Å². The van der Waals surface area contributed by atoms with E-state index in [2.05, 4.69) is 5.32 Å². The molecular weight excluding hydrogens is 176 g/mol. The van der Waals surface area contributed by atoms with Gasteiger partial charge in [0.15, 0.2) is 0 Å². The van der Waals surface area contributed by atoms with Crippen molar-refractivity contribution in [3.05, 3.63) is 0 Å². The SMILES string of the molecule is CN1CCCNC(C2CCCC2)C1=O. The van der Waals surface area contributed by atoms with Crippen molar-refractivity contribution in [2.24, 2.45) is 5.92 Å². The van der Waals surface area contributed by atoms with E-state index in [-0.39, 0.29) is 6.04 Å². The van der Waals surface area contributed by atoms with E-state index in [1.54, 1.807) is 0 Å². The Hall–Kier alpha value is -0.570. The van der Waals surface area contributed by atoms with Gasteiger partial charge in [-0.15, -0.1) is 0 Å². The molecule has 80 valence electrons. The molecule has 14 heavy (non-hydrogen) atoms. The molecule has 1 saturated heterocycles. The number of rotatable bonds is 1. The minimum Gasteiger partial charge on any atom is -0.344 e. The van der Waals surface area contributed by atoms with Crippen LogP contribution in [0.15, 0.2) is 0 Å². The average Bonchev–Trinajstić information content (AvgIpc) is 2.64. The first-order chi connectivity index (χ1) is 6.79.